The molecule has 4 nitrogen and oxygen atoms in total. The summed E-state index contributed by atoms with van der Waals surface area (Å²) in [6.45, 7) is 2.21. The van der Waals surface area contributed by atoms with Gasteiger partial charge in [0.1, 0.15) is 17.3 Å². The van der Waals surface area contributed by atoms with Gasteiger partial charge in [-0.05, 0) is 54.8 Å². The number of amides is 1. The molecule has 1 N–H and O–H groups in total. The Morgan fingerprint density at radius 3 is 2.64 bits per heavy atom. The van der Waals surface area contributed by atoms with Crippen molar-refractivity contribution >= 4 is 17.7 Å². The molecule has 2 atom stereocenters. The van der Waals surface area contributed by atoms with Crippen molar-refractivity contribution < 1.29 is 13.9 Å². The molecular weight excluding hydrogens is 278 g/mol. The van der Waals surface area contributed by atoms with Gasteiger partial charge in [-0.1, -0.05) is 6.92 Å². The molecule has 0 saturated heterocycles. The van der Waals surface area contributed by atoms with Gasteiger partial charge in [0.15, 0.2) is 0 Å². The Morgan fingerprint density at radius 1 is 1.27 bits per heavy atom. The highest BCUT2D eigenvalue weighted by molar-refractivity contribution is 6.01. The first-order valence-electron chi connectivity index (χ1n) is 7.38. The molecule has 0 spiro atoms. The number of carbonyl (C=O) groups excluding carboxylic acids is 1. The number of anilines is 1. The summed E-state index contributed by atoms with van der Waals surface area (Å²) in [6.07, 6.45) is 4.35. The topological polar surface area (TPSA) is 51.5 Å². The van der Waals surface area contributed by atoms with Gasteiger partial charge in [-0.2, -0.15) is 0 Å². The molecule has 1 saturated carbocycles. The molecule has 4 heteroatoms. The average Bonchev–Trinajstić information content (AvgIpc) is 3.08. The highest BCUT2D eigenvalue weighted by Gasteiger charge is 2.36. The summed E-state index contributed by atoms with van der Waals surface area (Å²) in [5.74, 6) is 3.55. The maximum atomic E-state index is 11.9. The summed E-state index contributed by atoms with van der Waals surface area (Å²) in [4.78, 5) is 11.9. The van der Waals surface area contributed by atoms with Crippen LogP contribution >= 0.6 is 0 Å². The third-order valence-electron chi connectivity index (χ3n) is 3.88. The van der Waals surface area contributed by atoms with Crippen molar-refractivity contribution in [2.24, 2.45) is 5.92 Å². The van der Waals surface area contributed by atoms with Crippen LogP contribution < -0.4 is 10.1 Å². The molecule has 0 aliphatic heterocycles. The Hall–Kier alpha value is -2.49. The summed E-state index contributed by atoms with van der Waals surface area (Å²) in [7, 11) is 1.61. The molecule has 1 amide bonds. The van der Waals surface area contributed by atoms with Gasteiger partial charge < -0.3 is 14.5 Å². The van der Waals surface area contributed by atoms with E-state index >= 15 is 0 Å². The van der Waals surface area contributed by atoms with E-state index in [1.165, 1.54) is 12.5 Å². The average molecular weight is 297 g/mol. The molecule has 22 heavy (non-hydrogen) atoms. The molecule has 2 aromatic rings. The lowest BCUT2D eigenvalue weighted by atomic mass is 10.3. The quantitative estimate of drug-likeness (QED) is 0.847. The maximum Gasteiger partial charge on any atom is 0.248 e. The van der Waals surface area contributed by atoms with Gasteiger partial charge in [-0.25, -0.2) is 0 Å². The Balaban J connectivity index is 1.57. The largest absolute Gasteiger partial charge is 0.497 e. The number of carbonyl (C=O) groups is 1. The van der Waals surface area contributed by atoms with Crippen molar-refractivity contribution in [1.29, 1.82) is 0 Å². The van der Waals surface area contributed by atoms with Crippen LogP contribution in [0.1, 0.15) is 30.8 Å². The van der Waals surface area contributed by atoms with Gasteiger partial charge in [-0.3, -0.25) is 4.79 Å². The first-order valence-corrected chi connectivity index (χ1v) is 7.38. The molecule has 1 heterocycles. The predicted octanol–water partition coefficient (Wildman–Crippen LogP) is 4.06. The first-order chi connectivity index (χ1) is 10.7. The van der Waals surface area contributed by atoms with Crippen LogP contribution in [-0.4, -0.2) is 13.0 Å². The first kappa shape index (κ1) is 14.4. The summed E-state index contributed by atoms with van der Waals surface area (Å²) < 4.78 is 10.8. The molecule has 0 bridgehead atoms. The molecule has 1 aromatic carbocycles. The fourth-order valence-electron chi connectivity index (χ4n) is 2.39. The lowest BCUT2D eigenvalue weighted by Gasteiger charge is -2.03. The standard InChI is InChI=1S/C18H19NO3/c1-12-11-16(12)17-9-7-15(22-17)8-10-18(20)19-13-3-5-14(21-2)6-4-13/h3-10,12,16H,11H2,1-2H3,(H,19,20). The molecule has 3 rings (SSSR count). The van der Waals surface area contributed by atoms with Gasteiger partial charge in [0.05, 0.1) is 7.11 Å². The van der Waals surface area contributed by atoms with Gasteiger partial charge in [0.25, 0.3) is 0 Å². The summed E-state index contributed by atoms with van der Waals surface area (Å²) in [6, 6.07) is 11.1. The highest BCUT2D eigenvalue weighted by atomic mass is 16.5. The van der Waals surface area contributed by atoms with E-state index < -0.39 is 0 Å². The fraction of sp³-hybridized carbons (Fsp3) is 0.278. The van der Waals surface area contributed by atoms with E-state index in [4.69, 9.17) is 9.15 Å². The van der Waals surface area contributed by atoms with Gasteiger partial charge in [-0.15, -0.1) is 0 Å². The minimum absolute atomic E-state index is 0.192. The lowest BCUT2D eigenvalue weighted by Crippen LogP contribution is -2.07. The van der Waals surface area contributed by atoms with E-state index in [0.29, 0.717) is 17.6 Å². The summed E-state index contributed by atoms with van der Waals surface area (Å²) in [5.41, 5.74) is 0.724. The van der Waals surface area contributed by atoms with Gasteiger partial charge in [0.2, 0.25) is 5.91 Å². The van der Waals surface area contributed by atoms with Crippen LogP contribution in [0, 0.1) is 5.92 Å². The fourth-order valence-corrected chi connectivity index (χ4v) is 2.39. The van der Waals surface area contributed by atoms with Crippen molar-refractivity contribution in [2.75, 3.05) is 12.4 Å². The molecule has 1 aromatic heterocycles. The molecule has 1 aliphatic carbocycles. The molecule has 0 radical (unpaired) electrons. The number of furan rings is 1. The van der Waals surface area contributed by atoms with Gasteiger partial charge in [0, 0.05) is 17.7 Å². The van der Waals surface area contributed by atoms with E-state index in [1.807, 2.05) is 12.1 Å². The SMILES string of the molecule is COc1ccc(NC(=O)C=Cc2ccc(C3CC3C)o2)cc1. The van der Waals surface area contributed by atoms with Crippen molar-refractivity contribution in [2.45, 2.75) is 19.3 Å². The zero-order valence-corrected chi connectivity index (χ0v) is 12.7. The second-order valence-corrected chi connectivity index (χ2v) is 5.61. The smallest absolute Gasteiger partial charge is 0.248 e. The van der Waals surface area contributed by atoms with Crippen LogP contribution in [0.4, 0.5) is 5.69 Å². The Kier molecular flexibility index (Phi) is 4.00. The van der Waals surface area contributed by atoms with E-state index in [0.717, 1.165) is 17.2 Å². The van der Waals surface area contributed by atoms with Crippen LogP contribution in [-0.2, 0) is 4.79 Å². The third-order valence-corrected chi connectivity index (χ3v) is 3.88. The highest BCUT2D eigenvalue weighted by Crippen LogP contribution is 2.47. The van der Waals surface area contributed by atoms with Crippen molar-refractivity contribution in [3.05, 3.63) is 54.0 Å². The van der Waals surface area contributed by atoms with Crippen molar-refractivity contribution in [3.8, 4) is 5.75 Å². The van der Waals surface area contributed by atoms with E-state index in [-0.39, 0.29) is 5.91 Å². The second-order valence-electron chi connectivity index (χ2n) is 5.61. The predicted molar refractivity (Wildman–Crippen MR) is 85.9 cm³/mol. The Bertz CT molecular complexity index is 685. The van der Waals surface area contributed by atoms with E-state index in [9.17, 15) is 4.79 Å². The van der Waals surface area contributed by atoms with Crippen LogP contribution in [0.15, 0.2) is 46.9 Å². The Labute approximate surface area is 129 Å². The van der Waals surface area contributed by atoms with E-state index in [2.05, 4.69) is 12.2 Å². The van der Waals surface area contributed by atoms with Crippen LogP contribution in [0.2, 0.25) is 0 Å². The number of methoxy groups -OCH3 is 1. The Morgan fingerprint density at radius 2 is 2.00 bits per heavy atom. The number of ether oxygens (including phenoxy) is 1. The molecule has 1 fully saturated rings. The number of nitrogens with one attached hydrogen (secondary N) is 1. The molecule has 114 valence electrons. The van der Waals surface area contributed by atoms with Crippen LogP contribution in [0.5, 0.6) is 5.75 Å². The minimum Gasteiger partial charge on any atom is -0.497 e. The number of hydrogen-bond donors (Lipinski definition) is 1. The zero-order chi connectivity index (χ0) is 15.5. The third kappa shape index (κ3) is 3.39. The molecular formula is C18H19NO3. The summed E-state index contributed by atoms with van der Waals surface area (Å²) in [5, 5.41) is 2.79. The van der Waals surface area contributed by atoms with E-state index in [1.54, 1.807) is 37.5 Å². The van der Waals surface area contributed by atoms with Crippen molar-refractivity contribution in [3.63, 3.8) is 0 Å². The number of benzene rings is 1. The minimum atomic E-state index is -0.192. The van der Waals surface area contributed by atoms with Crippen LogP contribution in [0.3, 0.4) is 0 Å². The monoisotopic (exact) mass is 297 g/mol. The summed E-state index contributed by atoms with van der Waals surface area (Å²) >= 11 is 0. The molecule has 2 unspecified atom stereocenters. The zero-order valence-electron chi connectivity index (χ0n) is 12.7. The maximum absolute atomic E-state index is 11.9. The van der Waals surface area contributed by atoms with Crippen molar-refractivity contribution in [1.82, 2.24) is 0 Å². The number of hydrogen-bond acceptors (Lipinski definition) is 3. The lowest BCUT2D eigenvalue weighted by molar-refractivity contribution is -0.111. The second kappa shape index (κ2) is 6.10. The number of rotatable bonds is 5. The van der Waals surface area contributed by atoms with Gasteiger partial charge >= 0.3 is 0 Å². The van der Waals surface area contributed by atoms with Crippen LogP contribution in [0.25, 0.3) is 6.08 Å². The normalized spacial score (nSPS) is 20.1. The molecule has 1 aliphatic rings.